The molecule has 0 bridgehead atoms. The van der Waals surface area contributed by atoms with Crippen LogP contribution in [0.3, 0.4) is 0 Å². The van der Waals surface area contributed by atoms with Gasteiger partial charge in [0.2, 0.25) is 0 Å². The van der Waals surface area contributed by atoms with Crippen molar-refractivity contribution in [3.8, 4) is 0 Å². The zero-order chi connectivity index (χ0) is 12.2. The smallest absolute Gasteiger partial charge is 0.0685 e. The Kier molecular flexibility index (Phi) is 2.74. The molecule has 3 saturated carbocycles. The molecule has 102 valence electrons. The zero-order valence-corrected chi connectivity index (χ0v) is 11.7. The maximum atomic E-state index is 6.09. The summed E-state index contributed by atoms with van der Waals surface area (Å²) >= 11 is 0. The van der Waals surface area contributed by atoms with Crippen LogP contribution in [0, 0.1) is 23.7 Å². The van der Waals surface area contributed by atoms with Gasteiger partial charge in [-0.05, 0) is 82.1 Å². The lowest BCUT2D eigenvalue weighted by molar-refractivity contribution is -0.149. The molecule has 0 aromatic heterocycles. The van der Waals surface area contributed by atoms with Crippen molar-refractivity contribution in [3.63, 3.8) is 0 Å². The fourth-order valence-corrected chi connectivity index (χ4v) is 5.20. The maximum Gasteiger partial charge on any atom is 0.0685 e. The van der Waals surface area contributed by atoms with Crippen LogP contribution >= 0.6 is 0 Å². The summed E-state index contributed by atoms with van der Waals surface area (Å²) in [5, 5.41) is 3.69. The first-order valence-corrected chi connectivity index (χ1v) is 8.11. The van der Waals surface area contributed by atoms with Crippen molar-refractivity contribution in [2.75, 3.05) is 13.7 Å². The molecule has 3 aliphatic carbocycles. The van der Waals surface area contributed by atoms with Gasteiger partial charge in [-0.2, -0.15) is 0 Å². The van der Waals surface area contributed by atoms with E-state index in [1.54, 1.807) is 6.42 Å². The first-order chi connectivity index (χ1) is 8.80. The Balaban J connectivity index is 1.43. The summed E-state index contributed by atoms with van der Waals surface area (Å²) in [6, 6.07) is 0.777. The van der Waals surface area contributed by atoms with Crippen molar-refractivity contribution in [1.29, 1.82) is 0 Å². The molecule has 1 N–H and O–H groups in total. The topological polar surface area (TPSA) is 21.3 Å². The third kappa shape index (κ3) is 1.84. The SMILES string of the molecule is CNC(C1CC2CC2C1)C1CCOC2(CCC2)C1. The van der Waals surface area contributed by atoms with Crippen LogP contribution in [0.25, 0.3) is 0 Å². The van der Waals surface area contributed by atoms with E-state index in [1.807, 2.05) is 0 Å². The Hall–Kier alpha value is -0.0800. The summed E-state index contributed by atoms with van der Waals surface area (Å²) < 4.78 is 6.09. The van der Waals surface area contributed by atoms with Gasteiger partial charge in [0, 0.05) is 12.6 Å². The summed E-state index contributed by atoms with van der Waals surface area (Å²) in [5.74, 6) is 4.08. The Bertz CT molecular complexity index is 315. The van der Waals surface area contributed by atoms with E-state index in [4.69, 9.17) is 4.74 Å². The predicted molar refractivity (Wildman–Crippen MR) is 72.4 cm³/mol. The number of hydrogen-bond donors (Lipinski definition) is 1. The first-order valence-electron chi connectivity index (χ1n) is 8.11. The van der Waals surface area contributed by atoms with Crippen molar-refractivity contribution in [3.05, 3.63) is 0 Å². The maximum absolute atomic E-state index is 6.09. The van der Waals surface area contributed by atoms with Crippen molar-refractivity contribution >= 4 is 0 Å². The molecule has 18 heavy (non-hydrogen) atoms. The molecule has 4 unspecified atom stereocenters. The summed E-state index contributed by atoms with van der Waals surface area (Å²) in [6.45, 7) is 1.02. The molecule has 4 atom stereocenters. The molecule has 1 spiro atoms. The molecule has 1 aliphatic heterocycles. The van der Waals surface area contributed by atoms with E-state index < -0.39 is 0 Å². The van der Waals surface area contributed by atoms with E-state index in [-0.39, 0.29) is 0 Å². The highest BCUT2D eigenvalue weighted by Crippen LogP contribution is 2.56. The molecule has 2 nitrogen and oxygen atoms in total. The third-order valence-corrected chi connectivity index (χ3v) is 6.42. The minimum atomic E-state index is 0.319. The second kappa shape index (κ2) is 4.21. The molecule has 0 radical (unpaired) electrons. The first kappa shape index (κ1) is 11.7. The molecule has 0 amide bonds. The summed E-state index contributed by atoms with van der Waals surface area (Å²) in [6.07, 6.45) is 11.3. The molecule has 1 saturated heterocycles. The van der Waals surface area contributed by atoms with Gasteiger partial charge in [-0.3, -0.25) is 0 Å². The van der Waals surface area contributed by atoms with Gasteiger partial charge in [-0.15, -0.1) is 0 Å². The molecule has 1 heterocycles. The number of nitrogens with one attached hydrogen (secondary N) is 1. The number of hydrogen-bond acceptors (Lipinski definition) is 2. The molecule has 0 aromatic carbocycles. The van der Waals surface area contributed by atoms with E-state index in [2.05, 4.69) is 12.4 Å². The third-order valence-electron chi connectivity index (χ3n) is 6.42. The minimum absolute atomic E-state index is 0.319. The average Bonchev–Trinajstić information content (AvgIpc) is 2.96. The molecular formula is C16H27NO. The van der Waals surface area contributed by atoms with Crippen LogP contribution in [0.1, 0.15) is 51.4 Å². The summed E-state index contributed by atoms with van der Waals surface area (Å²) in [7, 11) is 2.19. The standard InChI is InChI=1S/C16H27NO/c1-17-15(14-8-12-7-13(12)9-14)11-3-6-18-16(10-11)4-2-5-16/h11-15,17H,2-10H2,1H3. The second-order valence-electron chi connectivity index (χ2n) is 7.44. The van der Waals surface area contributed by atoms with Crippen LogP contribution in [0.4, 0.5) is 0 Å². The number of rotatable bonds is 3. The van der Waals surface area contributed by atoms with Crippen molar-refractivity contribution < 1.29 is 4.74 Å². The Labute approximate surface area is 111 Å². The van der Waals surface area contributed by atoms with Crippen LogP contribution in [0.2, 0.25) is 0 Å². The lowest BCUT2D eigenvalue weighted by Crippen LogP contribution is -2.51. The monoisotopic (exact) mass is 249 g/mol. The molecule has 2 heteroatoms. The second-order valence-corrected chi connectivity index (χ2v) is 7.44. The van der Waals surface area contributed by atoms with Crippen LogP contribution < -0.4 is 5.32 Å². The highest BCUT2D eigenvalue weighted by Gasteiger charge is 2.51. The van der Waals surface area contributed by atoms with Gasteiger partial charge in [-0.25, -0.2) is 0 Å². The van der Waals surface area contributed by atoms with Crippen LogP contribution in [-0.2, 0) is 4.74 Å². The normalized spacial score (nSPS) is 46.5. The lowest BCUT2D eigenvalue weighted by Gasteiger charge is -2.49. The molecule has 4 fully saturated rings. The van der Waals surface area contributed by atoms with Crippen molar-refractivity contribution in [1.82, 2.24) is 5.32 Å². The highest BCUT2D eigenvalue weighted by atomic mass is 16.5. The van der Waals surface area contributed by atoms with Gasteiger partial charge in [-0.1, -0.05) is 0 Å². The van der Waals surface area contributed by atoms with Gasteiger partial charge >= 0.3 is 0 Å². The minimum Gasteiger partial charge on any atom is -0.375 e. The van der Waals surface area contributed by atoms with E-state index in [0.717, 1.165) is 36.3 Å². The van der Waals surface area contributed by atoms with Crippen molar-refractivity contribution in [2.24, 2.45) is 23.7 Å². The van der Waals surface area contributed by atoms with E-state index >= 15 is 0 Å². The van der Waals surface area contributed by atoms with E-state index in [0.29, 0.717) is 5.60 Å². The van der Waals surface area contributed by atoms with Crippen LogP contribution in [0.5, 0.6) is 0 Å². The average molecular weight is 249 g/mol. The van der Waals surface area contributed by atoms with Gasteiger partial charge in [0.25, 0.3) is 0 Å². The lowest BCUT2D eigenvalue weighted by atomic mass is 9.68. The van der Waals surface area contributed by atoms with Gasteiger partial charge in [0.15, 0.2) is 0 Å². The quantitative estimate of drug-likeness (QED) is 0.830. The highest BCUT2D eigenvalue weighted by molar-refractivity contribution is 5.03. The Morgan fingerprint density at radius 3 is 2.50 bits per heavy atom. The Morgan fingerprint density at radius 2 is 1.89 bits per heavy atom. The molecule has 4 aliphatic rings. The zero-order valence-electron chi connectivity index (χ0n) is 11.7. The van der Waals surface area contributed by atoms with E-state index in [1.165, 1.54) is 44.9 Å². The van der Waals surface area contributed by atoms with Crippen LogP contribution in [0.15, 0.2) is 0 Å². The number of fused-ring (bicyclic) bond motifs is 1. The predicted octanol–water partition coefficient (Wildman–Crippen LogP) is 2.97. The fraction of sp³-hybridized carbons (Fsp3) is 1.00. The molecule has 4 rings (SSSR count). The van der Waals surface area contributed by atoms with Crippen molar-refractivity contribution in [2.45, 2.75) is 63.0 Å². The van der Waals surface area contributed by atoms with Crippen LogP contribution in [-0.4, -0.2) is 25.3 Å². The van der Waals surface area contributed by atoms with Gasteiger partial charge in [0.05, 0.1) is 5.60 Å². The van der Waals surface area contributed by atoms with E-state index in [9.17, 15) is 0 Å². The number of ether oxygens (including phenoxy) is 1. The molecular weight excluding hydrogens is 222 g/mol. The van der Waals surface area contributed by atoms with Gasteiger partial charge < -0.3 is 10.1 Å². The van der Waals surface area contributed by atoms with Gasteiger partial charge in [0.1, 0.15) is 0 Å². The largest absolute Gasteiger partial charge is 0.375 e. The summed E-state index contributed by atoms with van der Waals surface area (Å²) in [5.41, 5.74) is 0.319. The summed E-state index contributed by atoms with van der Waals surface area (Å²) in [4.78, 5) is 0. The molecule has 0 aromatic rings. The fourth-order valence-electron chi connectivity index (χ4n) is 5.20. The Morgan fingerprint density at radius 1 is 1.11 bits per heavy atom.